The molecule has 0 aliphatic heterocycles. The Labute approximate surface area is 400 Å². The average molecular weight is 901 g/mol. The Balaban J connectivity index is 4.52. The lowest BCUT2D eigenvalue weighted by atomic mass is 10.0. The summed E-state index contributed by atoms with van der Waals surface area (Å²) in [5, 5.41) is 0. The number of ether oxygens (including phenoxy) is 3. The van der Waals surface area contributed by atoms with Crippen LogP contribution in [-0.2, 0) is 28.6 Å². The highest BCUT2D eigenvalue weighted by atomic mass is 16.6. The van der Waals surface area contributed by atoms with Crippen molar-refractivity contribution in [3.05, 3.63) is 109 Å². The molecule has 1 unspecified atom stereocenters. The van der Waals surface area contributed by atoms with Gasteiger partial charge in [-0.2, -0.15) is 0 Å². The van der Waals surface area contributed by atoms with E-state index in [-0.39, 0.29) is 31.1 Å². The predicted octanol–water partition coefficient (Wildman–Crippen LogP) is 17.5. The summed E-state index contributed by atoms with van der Waals surface area (Å²) in [7, 11) is 0. The zero-order chi connectivity index (χ0) is 47.2. The van der Waals surface area contributed by atoms with Crippen molar-refractivity contribution in [3.8, 4) is 0 Å². The number of unbranched alkanes of at least 4 members (excludes halogenated alkanes) is 21. The molecule has 0 saturated heterocycles. The van der Waals surface area contributed by atoms with Crippen LogP contribution in [0.2, 0.25) is 0 Å². The standard InChI is InChI=1S/C59H96O6/c1-4-7-10-13-16-19-22-25-28-31-34-37-40-43-46-49-52-58(61)64-55-56(54-63-57(60)51-48-45-42-39-36-33-30-27-24-21-18-15-12-9-6-3)65-59(62)53-50-47-44-41-38-35-32-29-26-23-20-17-14-11-8-5-2/h7,9-10,12,15-16,18-19,21,24-25,27-28,30,33-34,36-37,56H,4-6,8,11,13-14,17,20,22-23,26,29,31-32,35,38-55H2,1-3H3/b10-7-,12-9-,18-15-,19-16-,24-21-,28-25-,30-27-,36-33-,37-34-. The van der Waals surface area contributed by atoms with Gasteiger partial charge in [0.15, 0.2) is 6.10 Å². The van der Waals surface area contributed by atoms with Crippen molar-refractivity contribution in [3.63, 3.8) is 0 Å². The fourth-order valence-electron chi connectivity index (χ4n) is 6.98. The van der Waals surface area contributed by atoms with E-state index < -0.39 is 6.10 Å². The molecule has 0 rings (SSSR count). The van der Waals surface area contributed by atoms with Crippen LogP contribution in [0.1, 0.15) is 226 Å². The molecule has 6 nitrogen and oxygen atoms in total. The Kier molecular flexibility index (Phi) is 49.5. The van der Waals surface area contributed by atoms with Gasteiger partial charge in [0.2, 0.25) is 0 Å². The van der Waals surface area contributed by atoms with Crippen LogP contribution in [-0.4, -0.2) is 37.2 Å². The maximum Gasteiger partial charge on any atom is 0.306 e. The second-order valence-electron chi connectivity index (χ2n) is 17.2. The average Bonchev–Trinajstić information content (AvgIpc) is 3.30. The van der Waals surface area contributed by atoms with E-state index in [9.17, 15) is 14.4 Å². The first-order valence-electron chi connectivity index (χ1n) is 26.5. The minimum atomic E-state index is -0.809. The molecule has 0 aromatic carbocycles. The molecule has 0 bridgehead atoms. The van der Waals surface area contributed by atoms with E-state index in [0.29, 0.717) is 19.3 Å². The minimum Gasteiger partial charge on any atom is -0.462 e. The summed E-state index contributed by atoms with van der Waals surface area (Å²) in [6.45, 7) is 6.32. The number of hydrogen-bond acceptors (Lipinski definition) is 6. The third-order valence-electron chi connectivity index (χ3n) is 10.9. The van der Waals surface area contributed by atoms with Crippen molar-refractivity contribution in [1.29, 1.82) is 0 Å². The Morgan fingerprint density at radius 3 is 1.12 bits per heavy atom. The molecule has 65 heavy (non-hydrogen) atoms. The third kappa shape index (κ3) is 50.9. The molecule has 0 fully saturated rings. The van der Waals surface area contributed by atoms with Gasteiger partial charge in [0, 0.05) is 19.3 Å². The number of carbonyl (C=O) groups is 3. The smallest absolute Gasteiger partial charge is 0.306 e. The molecule has 0 aliphatic rings. The van der Waals surface area contributed by atoms with Crippen molar-refractivity contribution in [2.75, 3.05) is 13.2 Å². The summed E-state index contributed by atoms with van der Waals surface area (Å²) in [6, 6.07) is 0. The first-order chi connectivity index (χ1) is 32.0. The van der Waals surface area contributed by atoms with Crippen LogP contribution in [0.3, 0.4) is 0 Å². The molecule has 0 heterocycles. The second kappa shape index (κ2) is 52.7. The fraction of sp³-hybridized carbons (Fsp3) is 0.644. The molecule has 0 saturated carbocycles. The second-order valence-corrected chi connectivity index (χ2v) is 17.2. The van der Waals surface area contributed by atoms with Crippen LogP contribution in [0, 0.1) is 0 Å². The van der Waals surface area contributed by atoms with Gasteiger partial charge in [-0.05, 0) is 77.0 Å². The van der Waals surface area contributed by atoms with E-state index in [2.05, 4.69) is 81.5 Å². The van der Waals surface area contributed by atoms with Gasteiger partial charge >= 0.3 is 17.9 Å². The van der Waals surface area contributed by atoms with E-state index in [4.69, 9.17) is 14.2 Å². The van der Waals surface area contributed by atoms with Crippen LogP contribution in [0.5, 0.6) is 0 Å². The third-order valence-corrected chi connectivity index (χ3v) is 10.9. The van der Waals surface area contributed by atoms with Crippen LogP contribution in [0.15, 0.2) is 109 Å². The van der Waals surface area contributed by atoms with Crippen molar-refractivity contribution >= 4 is 17.9 Å². The minimum absolute atomic E-state index is 0.109. The van der Waals surface area contributed by atoms with Crippen LogP contribution in [0.25, 0.3) is 0 Å². The summed E-state index contributed by atoms with van der Waals surface area (Å²) < 4.78 is 16.8. The monoisotopic (exact) mass is 901 g/mol. The molecule has 0 spiro atoms. The molecule has 0 N–H and O–H groups in total. The molecular formula is C59H96O6. The van der Waals surface area contributed by atoms with Crippen molar-refractivity contribution in [2.45, 2.75) is 232 Å². The Morgan fingerprint density at radius 2 is 0.677 bits per heavy atom. The molecular weight excluding hydrogens is 805 g/mol. The highest BCUT2D eigenvalue weighted by molar-refractivity contribution is 5.71. The first-order valence-corrected chi connectivity index (χ1v) is 26.5. The van der Waals surface area contributed by atoms with E-state index >= 15 is 0 Å². The Bertz CT molecular complexity index is 1360. The van der Waals surface area contributed by atoms with Gasteiger partial charge in [0.25, 0.3) is 0 Å². The van der Waals surface area contributed by atoms with Gasteiger partial charge in [-0.15, -0.1) is 0 Å². The summed E-state index contributed by atoms with van der Waals surface area (Å²) in [6.07, 6.45) is 70.7. The molecule has 0 aromatic heterocycles. The molecule has 368 valence electrons. The maximum atomic E-state index is 12.8. The lowest BCUT2D eigenvalue weighted by Crippen LogP contribution is -2.30. The zero-order valence-corrected chi connectivity index (χ0v) is 42.0. The number of allylic oxidation sites excluding steroid dienone is 18. The number of rotatable bonds is 46. The molecule has 0 aromatic rings. The summed E-state index contributed by atoms with van der Waals surface area (Å²) in [5.41, 5.74) is 0. The van der Waals surface area contributed by atoms with Gasteiger partial charge in [-0.25, -0.2) is 0 Å². The van der Waals surface area contributed by atoms with Crippen LogP contribution < -0.4 is 0 Å². The molecule has 1 atom stereocenters. The lowest BCUT2D eigenvalue weighted by molar-refractivity contribution is -0.167. The fourth-order valence-corrected chi connectivity index (χ4v) is 6.98. The predicted molar refractivity (Wildman–Crippen MR) is 279 cm³/mol. The first kappa shape index (κ1) is 61.1. The van der Waals surface area contributed by atoms with Gasteiger partial charge in [0.1, 0.15) is 13.2 Å². The number of esters is 3. The lowest BCUT2D eigenvalue weighted by Gasteiger charge is -2.18. The Hall–Kier alpha value is -3.93. The summed E-state index contributed by atoms with van der Waals surface area (Å²) in [5.74, 6) is -0.980. The SMILES string of the molecule is CC\C=C/C=C\C=C/C=C\C=C/CCCCCC(=O)OCC(COC(=O)CCCCC/C=C\C/C=C\C/C=C\C/C=C\CC)OC(=O)CCCCCCCCCCCCCCCCCC. The quantitative estimate of drug-likeness (QED) is 0.0199. The van der Waals surface area contributed by atoms with Crippen LogP contribution in [0.4, 0.5) is 0 Å². The van der Waals surface area contributed by atoms with Crippen LogP contribution >= 0.6 is 0 Å². The normalized spacial score (nSPS) is 13.0. The summed E-state index contributed by atoms with van der Waals surface area (Å²) in [4.78, 5) is 38.0. The van der Waals surface area contributed by atoms with Gasteiger partial charge in [-0.3, -0.25) is 14.4 Å². The largest absolute Gasteiger partial charge is 0.462 e. The Morgan fingerprint density at radius 1 is 0.338 bits per heavy atom. The van der Waals surface area contributed by atoms with Crippen molar-refractivity contribution in [1.82, 2.24) is 0 Å². The highest BCUT2D eigenvalue weighted by Gasteiger charge is 2.19. The zero-order valence-electron chi connectivity index (χ0n) is 42.0. The van der Waals surface area contributed by atoms with Crippen molar-refractivity contribution < 1.29 is 28.6 Å². The van der Waals surface area contributed by atoms with E-state index in [1.807, 2.05) is 48.6 Å². The van der Waals surface area contributed by atoms with E-state index in [0.717, 1.165) is 103 Å². The molecule has 0 aliphatic carbocycles. The van der Waals surface area contributed by atoms with Gasteiger partial charge < -0.3 is 14.2 Å². The maximum absolute atomic E-state index is 12.8. The van der Waals surface area contributed by atoms with Gasteiger partial charge in [-0.1, -0.05) is 239 Å². The number of hydrogen-bond donors (Lipinski definition) is 0. The van der Waals surface area contributed by atoms with E-state index in [1.165, 1.54) is 83.5 Å². The topological polar surface area (TPSA) is 78.9 Å². The number of carbonyl (C=O) groups excluding carboxylic acids is 3. The van der Waals surface area contributed by atoms with Gasteiger partial charge in [0.05, 0.1) is 0 Å². The highest BCUT2D eigenvalue weighted by Crippen LogP contribution is 2.15. The molecule has 0 radical (unpaired) electrons. The molecule has 0 amide bonds. The van der Waals surface area contributed by atoms with Crippen molar-refractivity contribution in [2.24, 2.45) is 0 Å². The molecule has 6 heteroatoms. The summed E-state index contributed by atoms with van der Waals surface area (Å²) >= 11 is 0. The van der Waals surface area contributed by atoms with E-state index in [1.54, 1.807) is 0 Å².